The normalized spacial score (nSPS) is 18.9. The van der Waals surface area contributed by atoms with Crippen molar-refractivity contribution in [2.24, 2.45) is 0 Å². The van der Waals surface area contributed by atoms with Crippen molar-refractivity contribution in [1.82, 2.24) is 14.8 Å². The van der Waals surface area contributed by atoms with Gasteiger partial charge in [-0.25, -0.2) is 9.59 Å². The largest absolute Gasteiger partial charge is 0.479 e. The lowest BCUT2D eigenvalue weighted by atomic mass is 9.91. The Kier molecular flexibility index (Phi) is 2.94. The highest BCUT2D eigenvalue weighted by Gasteiger charge is 2.47. The second kappa shape index (κ2) is 4.29. The first kappa shape index (κ1) is 12.3. The summed E-state index contributed by atoms with van der Waals surface area (Å²) in [6.07, 6.45) is 3.06. The van der Waals surface area contributed by atoms with Gasteiger partial charge in [0.1, 0.15) is 0 Å². The summed E-state index contributed by atoms with van der Waals surface area (Å²) in [5, 5.41) is 9.52. The van der Waals surface area contributed by atoms with Gasteiger partial charge in [0.05, 0.1) is 0 Å². The molecule has 0 aliphatic carbocycles. The Balaban J connectivity index is 2.46. The summed E-state index contributed by atoms with van der Waals surface area (Å²) in [5.41, 5.74) is -0.807. The van der Waals surface area contributed by atoms with E-state index in [0.29, 0.717) is 18.7 Å². The summed E-state index contributed by atoms with van der Waals surface area (Å²) >= 11 is 0. The molecule has 0 bridgehead atoms. The van der Waals surface area contributed by atoms with Crippen LogP contribution in [0.25, 0.3) is 0 Å². The van der Waals surface area contributed by atoms with E-state index in [1.807, 2.05) is 0 Å². The molecule has 2 amide bonds. The van der Waals surface area contributed by atoms with Gasteiger partial charge in [0.15, 0.2) is 5.54 Å². The minimum Gasteiger partial charge on any atom is -0.479 e. The zero-order chi connectivity index (χ0) is 13.3. The van der Waals surface area contributed by atoms with E-state index in [0.717, 1.165) is 0 Å². The van der Waals surface area contributed by atoms with E-state index in [1.165, 1.54) is 22.2 Å². The third-order valence-electron chi connectivity index (χ3n) is 3.42. The number of hydrogen-bond acceptors (Lipinski definition) is 3. The quantitative estimate of drug-likeness (QED) is 0.857. The van der Waals surface area contributed by atoms with Gasteiger partial charge in [0.2, 0.25) is 0 Å². The van der Waals surface area contributed by atoms with Gasteiger partial charge in [-0.1, -0.05) is 0 Å². The van der Waals surface area contributed by atoms with E-state index in [2.05, 4.69) is 4.98 Å². The molecule has 96 valence electrons. The number of carboxylic acid groups (broad SMARTS) is 1. The van der Waals surface area contributed by atoms with Crippen molar-refractivity contribution in [2.45, 2.75) is 12.5 Å². The van der Waals surface area contributed by atoms with Crippen LogP contribution in [0, 0.1) is 0 Å². The summed E-state index contributed by atoms with van der Waals surface area (Å²) < 4.78 is 0. The number of carbonyl (C=O) groups excluding carboxylic acids is 1. The van der Waals surface area contributed by atoms with Crippen molar-refractivity contribution < 1.29 is 14.7 Å². The molecule has 0 spiro atoms. The predicted molar refractivity (Wildman–Crippen MR) is 64.0 cm³/mol. The van der Waals surface area contributed by atoms with Crippen LogP contribution in [0.3, 0.4) is 0 Å². The van der Waals surface area contributed by atoms with Crippen molar-refractivity contribution in [3.63, 3.8) is 0 Å². The summed E-state index contributed by atoms with van der Waals surface area (Å²) in [6.45, 7) is 2.48. The highest BCUT2D eigenvalue weighted by molar-refractivity contribution is 5.88. The zero-order valence-corrected chi connectivity index (χ0v) is 10.3. The highest BCUT2D eigenvalue weighted by atomic mass is 16.4. The standard InChI is InChI=1S/C12H15N3O3/c1-12(10(16)17,9-3-5-13-6-4-9)15-8-7-14(2)11(15)18/h3-6H,7-8H2,1-2H3,(H,16,17). The highest BCUT2D eigenvalue weighted by Crippen LogP contribution is 2.31. The molecular weight excluding hydrogens is 234 g/mol. The van der Waals surface area contributed by atoms with Crippen molar-refractivity contribution in [1.29, 1.82) is 0 Å². The Morgan fingerprint density at radius 3 is 2.44 bits per heavy atom. The molecule has 1 aliphatic rings. The molecule has 1 unspecified atom stereocenters. The van der Waals surface area contributed by atoms with Gasteiger partial charge in [0.25, 0.3) is 0 Å². The molecule has 1 N–H and O–H groups in total. The van der Waals surface area contributed by atoms with Gasteiger partial charge >= 0.3 is 12.0 Å². The fraction of sp³-hybridized carbons (Fsp3) is 0.417. The van der Waals surface area contributed by atoms with Gasteiger partial charge in [-0.15, -0.1) is 0 Å². The maximum atomic E-state index is 12.0. The van der Waals surface area contributed by atoms with Crippen molar-refractivity contribution in [3.8, 4) is 0 Å². The van der Waals surface area contributed by atoms with Crippen molar-refractivity contribution in [2.75, 3.05) is 20.1 Å². The van der Waals surface area contributed by atoms with Crippen LogP contribution in [-0.4, -0.2) is 52.0 Å². The van der Waals surface area contributed by atoms with Crippen LogP contribution in [0.15, 0.2) is 24.5 Å². The second-order valence-corrected chi connectivity index (χ2v) is 4.47. The molecule has 0 saturated carbocycles. The van der Waals surface area contributed by atoms with Crippen LogP contribution in [0.2, 0.25) is 0 Å². The number of aliphatic carboxylic acids is 1. The molecule has 1 aliphatic heterocycles. The SMILES string of the molecule is CN1CCN(C(C)(C(=O)O)c2ccncc2)C1=O. The Morgan fingerprint density at radius 1 is 1.39 bits per heavy atom. The van der Waals surface area contributed by atoms with E-state index in [1.54, 1.807) is 26.1 Å². The monoisotopic (exact) mass is 249 g/mol. The van der Waals surface area contributed by atoms with E-state index in [9.17, 15) is 14.7 Å². The molecule has 1 aromatic heterocycles. The van der Waals surface area contributed by atoms with Gasteiger partial charge in [-0.2, -0.15) is 0 Å². The van der Waals surface area contributed by atoms with Crippen molar-refractivity contribution >= 4 is 12.0 Å². The lowest BCUT2D eigenvalue weighted by Crippen LogP contribution is -2.51. The number of carbonyl (C=O) groups is 2. The molecule has 0 radical (unpaired) electrons. The van der Waals surface area contributed by atoms with Gasteiger partial charge in [0, 0.05) is 32.5 Å². The minimum atomic E-state index is -1.36. The Labute approximate surface area is 105 Å². The first-order chi connectivity index (χ1) is 8.48. The van der Waals surface area contributed by atoms with Gasteiger partial charge < -0.3 is 14.9 Å². The molecule has 0 aromatic carbocycles. The number of urea groups is 1. The zero-order valence-electron chi connectivity index (χ0n) is 10.3. The first-order valence-electron chi connectivity index (χ1n) is 5.64. The fourth-order valence-corrected chi connectivity index (χ4v) is 2.13. The summed E-state index contributed by atoms with van der Waals surface area (Å²) in [7, 11) is 1.66. The lowest BCUT2D eigenvalue weighted by Gasteiger charge is -2.34. The maximum absolute atomic E-state index is 12.0. The number of likely N-dealkylation sites (N-methyl/N-ethyl adjacent to an activating group) is 1. The number of rotatable bonds is 3. The van der Waals surface area contributed by atoms with Crippen LogP contribution in [0.5, 0.6) is 0 Å². The summed E-state index contributed by atoms with van der Waals surface area (Å²) in [6, 6.07) is 2.98. The number of hydrogen-bond donors (Lipinski definition) is 1. The van der Waals surface area contributed by atoms with E-state index in [-0.39, 0.29) is 6.03 Å². The minimum absolute atomic E-state index is 0.267. The third kappa shape index (κ3) is 1.70. The van der Waals surface area contributed by atoms with E-state index in [4.69, 9.17) is 0 Å². The molecule has 1 aromatic rings. The maximum Gasteiger partial charge on any atom is 0.334 e. The average molecular weight is 249 g/mol. The fourth-order valence-electron chi connectivity index (χ4n) is 2.13. The van der Waals surface area contributed by atoms with Crippen LogP contribution in [0.4, 0.5) is 4.79 Å². The number of amides is 2. The predicted octanol–water partition coefficient (Wildman–Crippen LogP) is 0.749. The van der Waals surface area contributed by atoms with Crippen molar-refractivity contribution in [3.05, 3.63) is 30.1 Å². The summed E-state index contributed by atoms with van der Waals surface area (Å²) in [4.78, 5) is 30.4. The number of nitrogens with zero attached hydrogens (tertiary/aromatic N) is 3. The smallest absolute Gasteiger partial charge is 0.334 e. The average Bonchev–Trinajstić information content (AvgIpc) is 2.70. The molecule has 1 atom stereocenters. The Morgan fingerprint density at radius 2 is 2.00 bits per heavy atom. The van der Waals surface area contributed by atoms with E-state index >= 15 is 0 Å². The van der Waals surface area contributed by atoms with Crippen LogP contribution in [-0.2, 0) is 10.3 Å². The van der Waals surface area contributed by atoms with Crippen LogP contribution < -0.4 is 0 Å². The Bertz CT molecular complexity index is 477. The number of carboxylic acids is 1. The molecule has 1 saturated heterocycles. The second-order valence-electron chi connectivity index (χ2n) is 4.47. The van der Waals surface area contributed by atoms with Gasteiger partial charge in [-0.3, -0.25) is 4.98 Å². The summed E-state index contributed by atoms with van der Waals surface area (Å²) in [5.74, 6) is -1.04. The Hall–Kier alpha value is -2.11. The van der Waals surface area contributed by atoms with Crippen LogP contribution in [0.1, 0.15) is 12.5 Å². The molecule has 6 heteroatoms. The lowest BCUT2D eigenvalue weighted by molar-refractivity contribution is -0.148. The molecule has 1 fully saturated rings. The molecule has 2 rings (SSSR count). The molecule has 6 nitrogen and oxygen atoms in total. The first-order valence-corrected chi connectivity index (χ1v) is 5.64. The topological polar surface area (TPSA) is 73.7 Å². The van der Waals surface area contributed by atoms with E-state index < -0.39 is 11.5 Å². The van der Waals surface area contributed by atoms with Gasteiger partial charge in [-0.05, 0) is 24.6 Å². The molecular formula is C12H15N3O3. The third-order valence-corrected chi connectivity index (χ3v) is 3.42. The van der Waals surface area contributed by atoms with Crippen LogP contribution >= 0.6 is 0 Å². The molecule has 18 heavy (non-hydrogen) atoms. The molecule has 2 heterocycles. The number of pyridine rings is 1. The number of aromatic nitrogens is 1.